The van der Waals surface area contributed by atoms with Gasteiger partial charge in [0.1, 0.15) is 0 Å². The van der Waals surface area contributed by atoms with Gasteiger partial charge in [-0.25, -0.2) is 0 Å². The second-order valence-electron chi connectivity index (χ2n) is 5.14. The predicted octanol–water partition coefficient (Wildman–Crippen LogP) is 3.65. The van der Waals surface area contributed by atoms with Gasteiger partial charge in [-0.1, -0.05) is 6.07 Å². The van der Waals surface area contributed by atoms with Gasteiger partial charge in [-0.3, -0.25) is 9.59 Å². The van der Waals surface area contributed by atoms with Gasteiger partial charge >= 0.3 is 0 Å². The van der Waals surface area contributed by atoms with Gasteiger partial charge in [0.2, 0.25) is 5.91 Å². The molecule has 0 bridgehead atoms. The van der Waals surface area contributed by atoms with Crippen molar-refractivity contribution in [3.63, 3.8) is 0 Å². The third-order valence-electron chi connectivity index (χ3n) is 3.34. The summed E-state index contributed by atoms with van der Waals surface area (Å²) < 4.78 is 0. The molecule has 110 valence electrons. The summed E-state index contributed by atoms with van der Waals surface area (Å²) in [7, 11) is 0. The average Bonchev–Trinajstić information content (AvgIpc) is 2.99. The predicted molar refractivity (Wildman–Crippen MR) is 85.9 cm³/mol. The van der Waals surface area contributed by atoms with Crippen molar-refractivity contribution >= 4 is 39.5 Å². The van der Waals surface area contributed by atoms with Crippen molar-refractivity contribution in [1.82, 2.24) is 5.32 Å². The number of hydrogen-bond acceptors (Lipinski definition) is 4. The molecule has 0 radical (unpaired) electrons. The van der Waals surface area contributed by atoms with E-state index in [9.17, 15) is 9.59 Å². The fourth-order valence-corrected chi connectivity index (χ4v) is 3.52. The van der Waals surface area contributed by atoms with E-state index >= 15 is 0 Å². The van der Waals surface area contributed by atoms with Gasteiger partial charge in [0.05, 0.1) is 15.9 Å². The first kappa shape index (κ1) is 14.3. The van der Waals surface area contributed by atoms with Crippen LogP contribution in [0.15, 0.2) is 29.6 Å². The Bertz CT molecular complexity index is 644. The lowest BCUT2D eigenvalue weighted by atomic mass is 10.2. The molecule has 2 aromatic rings. The van der Waals surface area contributed by atoms with Crippen LogP contribution < -0.4 is 10.6 Å². The van der Waals surface area contributed by atoms with E-state index in [1.807, 2.05) is 24.4 Å². The fraction of sp³-hybridized carbons (Fsp3) is 0.333. The van der Waals surface area contributed by atoms with E-state index in [4.69, 9.17) is 0 Å². The first-order chi connectivity index (χ1) is 10.1. The van der Waals surface area contributed by atoms with E-state index < -0.39 is 0 Å². The summed E-state index contributed by atoms with van der Waals surface area (Å²) in [6, 6.07) is 7.51. The smallest absolute Gasteiger partial charge is 0.261 e. The lowest BCUT2D eigenvalue weighted by Gasteiger charge is -2.10. The molecule has 1 fully saturated rings. The van der Waals surface area contributed by atoms with E-state index in [1.54, 1.807) is 23.5 Å². The minimum atomic E-state index is -0.104. The number of amides is 2. The summed E-state index contributed by atoms with van der Waals surface area (Å²) in [5.41, 5.74) is 0. The third kappa shape index (κ3) is 3.51. The Morgan fingerprint density at radius 2 is 2.10 bits per heavy atom. The Balaban J connectivity index is 1.59. The first-order valence-corrected chi connectivity index (χ1v) is 8.58. The molecule has 1 unspecified atom stereocenters. The Morgan fingerprint density at radius 3 is 2.76 bits per heavy atom. The molecule has 1 saturated carbocycles. The standard InChI is InChI=1S/C15H16N2O2S2/c1-9(11-3-2-8-20-11)16-15(19)12-6-7-13(21-12)17-14(18)10-4-5-10/h2-3,6-10H,4-5H2,1H3,(H,16,19)(H,17,18). The van der Waals surface area contributed by atoms with Gasteiger partial charge in [0.25, 0.3) is 5.91 Å². The molecule has 1 atom stereocenters. The molecule has 0 spiro atoms. The Labute approximate surface area is 131 Å². The molecule has 6 heteroatoms. The molecule has 2 aromatic heterocycles. The van der Waals surface area contributed by atoms with Gasteiger partial charge in [-0.15, -0.1) is 22.7 Å². The van der Waals surface area contributed by atoms with Crippen LogP contribution in [-0.2, 0) is 4.79 Å². The van der Waals surface area contributed by atoms with Crippen LogP contribution in [-0.4, -0.2) is 11.8 Å². The molecule has 0 saturated heterocycles. The van der Waals surface area contributed by atoms with Crippen molar-refractivity contribution < 1.29 is 9.59 Å². The summed E-state index contributed by atoms with van der Waals surface area (Å²) in [6.07, 6.45) is 1.95. The third-order valence-corrected chi connectivity index (χ3v) is 5.40. The van der Waals surface area contributed by atoms with E-state index in [0.717, 1.165) is 22.7 Å². The van der Waals surface area contributed by atoms with Crippen molar-refractivity contribution in [1.29, 1.82) is 0 Å². The second-order valence-corrected chi connectivity index (χ2v) is 7.20. The normalized spacial score (nSPS) is 15.5. The van der Waals surface area contributed by atoms with Crippen LogP contribution in [0.4, 0.5) is 5.00 Å². The molecule has 21 heavy (non-hydrogen) atoms. The Kier molecular flexibility index (Phi) is 4.07. The van der Waals surface area contributed by atoms with Gasteiger partial charge in [-0.2, -0.15) is 0 Å². The van der Waals surface area contributed by atoms with E-state index in [-0.39, 0.29) is 23.8 Å². The number of anilines is 1. The fourth-order valence-electron chi connectivity index (χ4n) is 1.97. The molecule has 1 aliphatic rings. The Hall–Kier alpha value is -1.66. The number of rotatable bonds is 5. The zero-order valence-electron chi connectivity index (χ0n) is 11.6. The van der Waals surface area contributed by atoms with Crippen molar-refractivity contribution in [3.8, 4) is 0 Å². The topological polar surface area (TPSA) is 58.2 Å². The number of carbonyl (C=O) groups excluding carboxylic acids is 2. The van der Waals surface area contributed by atoms with Crippen LogP contribution in [0.2, 0.25) is 0 Å². The summed E-state index contributed by atoms with van der Waals surface area (Å²) in [4.78, 5) is 25.6. The molecule has 3 rings (SSSR count). The lowest BCUT2D eigenvalue weighted by Crippen LogP contribution is -2.25. The van der Waals surface area contributed by atoms with Crippen molar-refractivity contribution in [2.45, 2.75) is 25.8 Å². The highest BCUT2D eigenvalue weighted by Crippen LogP contribution is 2.31. The molecule has 0 aliphatic heterocycles. The largest absolute Gasteiger partial charge is 0.344 e. The van der Waals surface area contributed by atoms with Crippen LogP contribution in [0.1, 0.15) is 40.4 Å². The van der Waals surface area contributed by atoms with Crippen molar-refractivity contribution in [3.05, 3.63) is 39.4 Å². The molecule has 0 aromatic carbocycles. The minimum Gasteiger partial charge on any atom is -0.344 e. The van der Waals surface area contributed by atoms with Crippen molar-refractivity contribution in [2.75, 3.05) is 5.32 Å². The number of hydrogen-bond donors (Lipinski definition) is 2. The molecular formula is C15H16N2O2S2. The monoisotopic (exact) mass is 320 g/mol. The second kappa shape index (κ2) is 5.99. The molecule has 2 amide bonds. The minimum absolute atomic E-state index is 0.0101. The van der Waals surface area contributed by atoms with Crippen LogP contribution in [0.3, 0.4) is 0 Å². The van der Waals surface area contributed by atoms with E-state index in [2.05, 4.69) is 10.6 Å². The van der Waals surface area contributed by atoms with E-state index in [1.165, 1.54) is 11.3 Å². The molecular weight excluding hydrogens is 304 g/mol. The zero-order chi connectivity index (χ0) is 14.8. The molecule has 2 heterocycles. The van der Waals surface area contributed by atoms with Crippen LogP contribution in [0.5, 0.6) is 0 Å². The summed E-state index contributed by atoms with van der Waals surface area (Å²) >= 11 is 2.94. The highest BCUT2D eigenvalue weighted by Gasteiger charge is 2.29. The van der Waals surface area contributed by atoms with Gasteiger partial charge < -0.3 is 10.6 Å². The number of thiophene rings is 2. The maximum Gasteiger partial charge on any atom is 0.261 e. The van der Waals surface area contributed by atoms with Crippen molar-refractivity contribution in [2.24, 2.45) is 5.92 Å². The first-order valence-electron chi connectivity index (χ1n) is 6.88. The lowest BCUT2D eigenvalue weighted by molar-refractivity contribution is -0.117. The summed E-state index contributed by atoms with van der Waals surface area (Å²) in [5.74, 6) is 0.131. The number of carbonyl (C=O) groups is 2. The molecule has 2 N–H and O–H groups in total. The quantitative estimate of drug-likeness (QED) is 0.883. The van der Waals surface area contributed by atoms with Crippen LogP contribution in [0.25, 0.3) is 0 Å². The molecule has 4 nitrogen and oxygen atoms in total. The maximum atomic E-state index is 12.2. The maximum absolute atomic E-state index is 12.2. The van der Waals surface area contributed by atoms with Crippen LogP contribution in [0, 0.1) is 5.92 Å². The number of nitrogens with one attached hydrogen (secondary N) is 2. The van der Waals surface area contributed by atoms with Crippen LogP contribution >= 0.6 is 22.7 Å². The molecule has 1 aliphatic carbocycles. The van der Waals surface area contributed by atoms with Gasteiger partial charge in [0, 0.05) is 10.8 Å². The highest BCUT2D eigenvalue weighted by molar-refractivity contribution is 7.18. The SMILES string of the molecule is CC(NC(=O)c1ccc(NC(=O)C2CC2)s1)c1cccs1. The van der Waals surface area contributed by atoms with Gasteiger partial charge in [-0.05, 0) is 43.3 Å². The summed E-state index contributed by atoms with van der Waals surface area (Å²) in [6.45, 7) is 1.97. The summed E-state index contributed by atoms with van der Waals surface area (Å²) in [5, 5.41) is 8.56. The van der Waals surface area contributed by atoms with E-state index in [0.29, 0.717) is 4.88 Å². The zero-order valence-corrected chi connectivity index (χ0v) is 13.2. The van der Waals surface area contributed by atoms with Gasteiger partial charge in [0.15, 0.2) is 0 Å². The highest BCUT2D eigenvalue weighted by atomic mass is 32.1. The Morgan fingerprint density at radius 1 is 1.29 bits per heavy atom. The average molecular weight is 320 g/mol.